The van der Waals surface area contributed by atoms with Crippen molar-refractivity contribution in [3.8, 4) is 6.08 Å². The maximum atomic E-state index is 5.44. The van der Waals surface area contributed by atoms with Crippen LogP contribution in [-0.2, 0) is 13.2 Å². The van der Waals surface area contributed by atoms with Crippen LogP contribution in [0, 0.1) is 0 Å². The third kappa shape index (κ3) is 3.87. The van der Waals surface area contributed by atoms with Gasteiger partial charge < -0.3 is 14.5 Å². The summed E-state index contributed by atoms with van der Waals surface area (Å²) in [7, 11) is 0. The first kappa shape index (κ1) is 12.1. The molecule has 0 aliphatic heterocycles. The average Bonchev–Trinajstić information content (AvgIpc) is 2.98. The van der Waals surface area contributed by atoms with Gasteiger partial charge in [-0.25, -0.2) is 0 Å². The van der Waals surface area contributed by atoms with E-state index in [4.69, 9.17) is 9.15 Å². The van der Waals surface area contributed by atoms with Crippen molar-refractivity contribution in [2.24, 2.45) is 0 Å². The maximum Gasteiger partial charge on any atom is 0.394 e. The van der Waals surface area contributed by atoms with Crippen molar-refractivity contribution in [1.82, 2.24) is 10.3 Å². The monoisotopic (exact) mass is 252 g/mol. The van der Waals surface area contributed by atoms with Gasteiger partial charge in [0.05, 0.1) is 5.69 Å². The van der Waals surface area contributed by atoms with E-state index < -0.39 is 0 Å². The predicted molar refractivity (Wildman–Crippen MR) is 67.2 cm³/mol. The highest BCUT2D eigenvalue weighted by molar-refractivity contribution is 7.09. The molecule has 2 heterocycles. The summed E-state index contributed by atoms with van der Waals surface area (Å²) in [6.45, 7) is 4.35. The van der Waals surface area contributed by atoms with Crippen LogP contribution in [0.1, 0.15) is 23.9 Å². The second kappa shape index (κ2) is 6.42. The number of hydrogen-bond donors (Lipinski definition) is 1. The molecule has 0 unspecified atom stereocenters. The van der Waals surface area contributed by atoms with Crippen molar-refractivity contribution in [1.29, 1.82) is 0 Å². The first-order valence-corrected chi connectivity index (χ1v) is 6.56. The van der Waals surface area contributed by atoms with Crippen molar-refractivity contribution in [3.05, 3.63) is 34.3 Å². The lowest BCUT2D eigenvalue weighted by molar-refractivity contribution is 0.222. The molecule has 0 radical (unpaired) electrons. The van der Waals surface area contributed by atoms with Gasteiger partial charge in [0, 0.05) is 11.4 Å². The maximum absolute atomic E-state index is 5.44. The third-order valence-electron chi connectivity index (χ3n) is 2.18. The summed E-state index contributed by atoms with van der Waals surface area (Å²) < 4.78 is 10.7. The number of ether oxygens (including phenoxy) is 1. The molecule has 0 saturated carbocycles. The van der Waals surface area contributed by atoms with E-state index in [-0.39, 0.29) is 0 Å². The average molecular weight is 252 g/mol. The molecule has 0 saturated heterocycles. The van der Waals surface area contributed by atoms with Gasteiger partial charge >= 0.3 is 6.08 Å². The fourth-order valence-corrected chi connectivity index (χ4v) is 1.97. The highest BCUT2D eigenvalue weighted by Crippen LogP contribution is 2.14. The van der Waals surface area contributed by atoms with Gasteiger partial charge in [-0.3, -0.25) is 0 Å². The lowest BCUT2D eigenvalue weighted by Gasteiger charge is -1.98. The Morgan fingerprint density at radius 1 is 1.53 bits per heavy atom. The summed E-state index contributed by atoms with van der Waals surface area (Å²) >= 11 is 1.66. The largest absolute Gasteiger partial charge is 0.444 e. The van der Waals surface area contributed by atoms with E-state index >= 15 is 0 Å². The van der Waals surface area contributed by atoms with Crippen molar-refractivity contribution >= 4 is 11.3 Å². The van der Waals surface area contributed by atoms with Crippen LogP contribution in [0.5, 0.6) is 6.08 Å². The fraction of sp³-hybridized carbons (Fsp3) is 0.417. The minimum atomic E-state index is 0.340. The van der Waals surface area contributed by atoms with Crippen LogP contribution < -0.4 is 10.1 Å². The normalized spacial score (nSPS) is 10.6. The highest BCUT2D eigenvalue weighted by Gasteiger charge is 2.05. The molecular weight excluding hydrogens is 236 g/mol. The van der Waals surface area contributed by atoms with E-state index in [1.807, 2.05) is 17.5 Å². The molecule has 0 bridgehead atoms. The Morgan fingerprint density at radius 2 is 2.47 bits per heavy atom. The van der Waals surface area contributed by atoms with E-state index in [2.05, 4.69) is 17.2 Å². The number of rotatable bonds is 7. The molecule has 1 N–H and O–H groups in total. The van der Waals surface area contributed by atoms with E-state index in [9.17, 15) is 0 Å². The molecule has 0 atom stereocenters. The lowest BCUT2D eigenvalue weighted by Crippen LogP contribution is -2.13. The Kier molecular flexibility index (Phi) is 4.58. The SMILES string of the molecule is CCCNCc1coc(OCc2cccs2)n1. The van der Waals surface area contributed by atoms with E-state index in [0.717, 1.165) is 30.1 Å². The van der Waals surface area contributed by atoms with Gasteiger partial charge in [-0.05, 0) is 24.4 Å². The second-order valence-electron chi connectivity index (χ2n) is 3.65. The van der Waals surface area contributed by atoms with Crippen LogP contribution in [0.4, 0.5) is 0 Å². The van der Waals surface area contributed by atoms with Gasteiger partial charge in [0.25, 0.3) is 0 Å². The summed E-state index contributed by atoms with van der Waals surface area (Å²) in [5.74, 6) is 0. The molecule has 0 aliphatic rings. The van der Waals surface area contributed by atoms with Crippen molar-refractivity contribution in [2.75, 3.05) is 6.54 Å². The lowest BCUT2D eigenvalue weighted by atomic mass is 10.4. The highest BCUT2D eigenvalue weighted by atomic mass is 32.1. The zero-order chi connectivity index (χ0) is 11.9. The fourth-order valence-electron chi connectivity index (χ4n) is 1.36. The molecule has 0 aliphatic carbocycles. The van der Waals surface area contributed by atoms with E-state index in [1.165, 1.54) is 0 Å². The molecule has 92 valence electrons. The standard InChI is InChI=1S/C12H16N2O2S/c1-2-5-13-7-10-8-15-12(14-10)16-9-11-4-3-6-17-11/h3-4,6,8,13H,2,5,7,9H2,1H3. The zero-order valence-electron chi connectivity index (χ0n) is 9.81. The van der Waals surface area contributed by atoms with E-state index in [1.54, 1.807) is 17.6 Å². The van der Waals surface area contributed by atoms with Gasteiger partial charge in [0.1, 0.15) is 12.9 Å². The topological polar surface area (TPSA) is 47.3 Å². The molecule has 0 spiro atoms. The summed E-state index contributed by atoms with van der Waals surface area (Å²) in [6.07, 6.45) is 3.08. The molecule has 5 heteroatoms. The molecule has 0 amide bonds. The molecule has 4 nitrogen and oxygen atoms in total. The van der Waals surface area contributed by atoms with Crippen LogP contribution >= 0.6 is 11.3 Å². The second-order valence-corrected chi connectivity index (χ2v) is 4.68. The molecular formula is C12H16N2O2S. The molecule has 0 fully saturated rings. The number of thiophene rings is 1. The molecule has 2 aromatic heterocycles. The van der Waals surface area contributed by atoms with Gasteiger partial charge in [-0.2, -0.15) is 4.98 Å². The Morgan fingerprint density at radius 3 is 3.24 bits per heavy atom. The quantitative estimate of drug-likeness (QED) is 0.770. The molecule has 2 aromatic rings. The van der Waals surface area contributed by atoms with Gasteiger partial charge in [0.15, 0.2) is 0 Å². The summed E-state index contributed by atoms with van der Waals surface area (Å²) in [5, 5.41) is 5.28. The van der Waals surface area contributed by atoms with Crippen molar-refractivity contribution in [2.45, 2.75) is 26.5 Å². The Bertz CT molecular complexity index is 425. The van der Waals surface area contributed by atoms with Crippen LogP contribution in [0.2, 0.25) is 0 Å². The Balaban J connectivity index is 1.77. The minimum absolute atomic E-state index is 0.340. The first-order chi connectivity index (χ1) is 8.38. The van der Waals surface area contributed by atoms with E-state index in [0.29, 0.717) is 12.7 Å². The van der Waals surface area contributed by atoms with Crippen LogP contribution in [0.3, 0.4) is 0 Å². The summed E-state index contributed by atoms with van der Waals surface area (Å²) in [4.78, 5) is 5.40. The Hall–Kier alpha value is -1.33. The van der Waals surface area contributed by atoms with Crippen LogP contribution in [0.15, 0.2) is 28.2 Å². The summed E-state index contributed by atoms with van der Waals surface area (Å²) in [6, 6.07) is 4.02. The number of hydrogen-bond acceptors (Lipinski definition) is 5. The van der Waals surface area contributed by atoms with Gasteiger partial charge in [-0.15, -0.1) is 11.3 Å². The molecule has 0 aromatic carbocycles. The van der Waals surface area contributed by atoms with Crippen LogP contribution in [-0.4, -0.2) is 11.5 Å². The predicted octanol–water partition coefficient (Wildman–Crippen LogP) is 2.81. The third-order valence-corrected chi connectivity index (χ3v) is 3.03. The minimum Gasteiger partial charge on any atom is -0.444 e. The van der Waals surface area contributed by atoms with Gasteiger partial charge in [0.2, 0.25) is 0 Å². The smallest absolute Gasteiger partial charge is 0.394 e. The van der Waals surface area contributed by atoms with Crippen molar-refractivity contribution < 1.29 is 9.15 Å². The number of oxazole rings is 1. The number of nitrogens with one attached hydrogen (secondary N) is 1. The number of nitrogens with zero attached hydrogens (tertiary/aromatic N) is 1. The molecule has 17 heavy (non-hydrogen) atoms. The first-order valence-electron chi connectivity index (χ1n) is 5.69. The Labute approximate surface area is 105 Å². The summed E-state index contributed by atoms with van der Waals surface area (Å²) in [5.41, 5.74) is 0.875. The van der Waals surface area contributed by atoms with Crippen LogP contribution in [0.25, 0.3) is 0 Å². The number of aromatic nitrogens is 1. The van der Waals surface area contributed by atoms with Crippen molar-refractivity contribution in [3.63, 3.8) is 0 Å². The molecule has 2 rings (SSSR count). The van der Waals surface area contributed by atoms with Gasteiger partial charge in [-0.1, -0.05) is 13.0 Å². The zero-order valence-corrected chi connectivity index (χ0v) is 10.6.